The van der Waals surface area contributed by atoms with Crippen LogP contribution in [0.25, 0.3) is 10.6 Å². The van der Waals surface area contributed by atoms with Crippen molar-refractivity contribution in [2.45, 2.75) is 39.7 Å². The van der Waals surface area contributed by atoms with Gasteiger partial charge in [0.25, 0.3) is 0 Å². The smallest absolute Gasteiger partial charge is 0.240 e. The lowest BCUT2D eigenvalue weighted by atomic mass is 10.3. The van der Waals surface area contributed by atoms with Gasteiger partial charge in [-0.05, 0) is 44.1 Å². The number of H-pyrrole nitrogens is 1. The standard InChI is InChI=1S/C17H21N5OS3/c1-3-4-15-20-21-17(24)22(15)9-16(23)18-8-7-12-5-6-14(26-12)13-10-25-11(2)19-13/h5-6,10H,3-4,7-9H2,1-2H3,(H,18,23)(H,21,24). The minimum Gasteiger partial charge on any atom is -0.354 e. The van der Waals surface area contributed by atoms with Gasteiger partial charge in [0.2, 0.25) is 5.91 Å². The molecule has 9 heteroatoms. The van der Waals surface area contributed by atoms with Crippen LogP contribution in [0.15, 0.2) is 17.5 Å². The van der Waals surface area contributed by atoms with Crippen LogP contribution >= 0.6 is 34.9 Å². The van der Waals surface area contributed by atoms with Gasteiger partial charge in [-0.15, -0.1) is 22.7 Å². The van der Waals surface area contributed by atoms with Crippen LogP contribution in [0.4, 0.5) is 0 Å². The van der Waals surface area contributed by atoms with Crippen LogP contribution in [-0.4, -0.2) is 32.2 Å². The molecule has 0 aliphatic heterocycles. The van der Waals surface area contributed by atoms with Crippen molar-refractivity contribution >= 4 is 40.8 Å². The number of carbonyl (C=O) groups is 1. The maximum Gasteiger partial charge on any atom is 0.240 e. The van der Waals surface area contributed by atoms with Gasteiger partial charge in [0.15, 0.2) is 4.77 Å². The van der Waals surface area contributed by atoms with Gasteiger partial charge in [-0.3, -0.25) is 14.5 Å². The molecule has 0 aliphatic carbocycles. The number of nitrogens with zero attached hydrogens (tertiary/aromatic N) is 3. The predicted molar refractivity (Wildman–Crippen MR) is 108 cm³/mol. The summed E-state index contributed by atoms with van der Waals surface area (Å²) >= 11 is 8.59. The van der Waals surface area contributed by atoms with E-state index in [4.69, 9.17) is 12.2 Å². The summed E-state index contributed by atoms with van der Waals surface area (Å²) in [7, 11) is 0. The number of thiophene rings is 1. The van der Waals surface area contributed by atoms with Crippen LogP contribution in [-0.2, 0) is 24.2 Å². The Bertz CT molecular complexity index is 936. The number of hydrogen-bond donors (Lipinski definition) is 2. The van der Waals surface area contributed by atoms with Crippen LogP contribution in [0, 0.1) is 11.7 Å². The van der Waals surface area contributed by atoms with Gasteiger partial charge >= 0.3 is 0 Å². The van der Waals surface area contributed by atoms with Crippen molar-refractivity contribution in [3.63, 3.8) is 0 Å². The van der Waals surface area contributed by atoms with Gasteiger partial charge in [0.1, 0.15) is 12.4 Å². The second-order valence-corrected chi connectivity index (χ2v) is 8.52. The molecule has 3 heterocycles. The Labute approximate surface area is 165 Å². The Morgan fingerprint density at radius 2 is 2.23 bits per heavy atom. The SMILES string of the molecule is CCCc1n[nH]c(=S)n1CC(=O)NCCc1ccc(-c2csc(C)n2)s1. The van der Waals surface area contributed by atoms with E-state index in [9.17, 15) is 4.79 Å². The first kappa shape index (κ1) is 18.9. The Morgan fingerprint density at radius 3 is 2.96 bits per heavy atom. The monoisotopic (exact) mass is 407 g/mol. The van der Waals surface area contributed by atoms with E-state index in [0.717, 1.165) is 35.8 Å². The first-order valence-electron chi connectivity index (χ1n) is 8.48. The fourth-order valence-electron chi connectivity index (χ4n) is 2.58. The normalized spacial score (nSPS) is 11.0. The maximum absolute atomic E-state index is 12.2. The highest BCUT2D eigenvalue weighted by atomic mass is 32.1. The lowest BCUT2D eigenvalue weighted by Gasteiger charge is -2.07. The zero-order chi connectivity index (χ0) is 18.5. The summed E-state index contributed by atoms with van der Waals surface area (Å²) < 4.78 is 2.26. The minimum atomic E-state index is -0.0493. The highest BCUT2D eigenvalue weighted by Gasteiger charge is 2.10. The van der Waals surface area contributed by atoms with Crippen LogP contribution in [0.2, 0.25) is 0 Å². The molecule has 2 N–H and O–H groups in total. The lowest BCUT2D eigenvalue weighted by Crippen LogP contribution is -2.29. The zero-order valence-corrected chi connectivity index (χ0v) is 17.2. The third kappa shape index (κ3) is 4.66. The van der Waals surface area contributed by atoms with E-state index in [-0.39, 0.29) is 12.5 Å². The quantitative estimate of drug-likeness (QED) is 0.558. The number of hydrogen-bond acceptors (Lipinski definition) is 6. The molecular formula is C17H21N5OS3. The highest BCUT2D eigenvalue weighted by molar-refractivity contribution is 7.71. The molecule has 0 unspecified atom stereocenters. The molecule has 3 rings (SSSR count). The number of aryl methyl sites for hydroxylation is 2. The molecule has 0 saturated heterocycles. The molecule has 1 amide bonds. The molecule has 3 aromatic rings. The summed E-state index contributed by atoms with van der Waals surface area (Å²) in [5, 5.41) is 13.1. The Morgan fingerprint density at radius 1 is 1.38 bits per heavy atom. The average molecular weight is 408 g/mol. The molecule has 6 nitrogen and oxygen atoms in total. The van der Waals surface area contributed by atoms with E-state index in [1.807, 2.05) is 6.92 Å². The molecule has 26 heavy (non-hydrogen) atoms. The third-order valence-electron chi connectivity index (χ3n) is 3.84. The fraction of sp³-hybridized carbons (Fsp3) is 0.412. The van der Waals surface area contributed by atoms with Gasteiger partial charge in [0.05, 0.1) is 15.6 Å². The minimum absolute atomic E-state index is 0.0493. The van der Waals surface area contributed by atoms with Gasteiger partial charge in [0, 0.05) is 23.2 Å². The summed E-state index contributed by atoms with van der Waals surface area (Å²) in [6.45, 7) is 4.89. The Hall–Kier alpha value is -1.84. The van der Waals surface area contributed by atoms with Crippen LogP contribution < -0.4 is 5.32 Å². The molecule has 0 spiro atoms. The fourth-order valence-corrected chi connectivity index (χ4v) is 4.45. The number of nitrogens with one attached hydrogen (secondary N) is 2. The Kier molecular flexibility index (Phi) is 6.33. The zero-order valence-electron chi connectivity index (χ0n) is 14.7. The second kappa shape index (κ2) is 8.70. The van der Waals surface area contributed by atoms with Crippen LogP contribution in [0.3, 0.4) is 0 Å². The first-order valence-corrected chi connectivity index (χ1v) is 10.6. The summed E-state index contributed by atoms with van der Waals surface area (Å²) in [5.41, 5.74) is 1.03. The van der Waals surface area contributed by atoms with Crippen molar-refractivity contribution in [2.75, 3.05) is 6.54 Å². The molecule has 0 aromatic carbocycles. The van der Waals surface area contributed by atoms with E-state index < -0.39 is 0 Å². The molecule has 3 aromatic heterocycles. The number of carbonyl (C=O) groups excluding carboxylic acids is 1. The van der Waals surface area contributed by atoms with Crippen molar-refractivity contribution in [2.24, 2.45) is 0 Å². The first-order chi connectivity index (χ1) is 12.6. The molecule has 0 atom stereocenters. The van der Waals surface area contributed by atoms with Crippen molar-refractivity contribution in [1.82, 2.24) is 25.1 Å². The molecule has 0 radical (unpaired) electrons. The molecule has 0 aliphatic rings. The van der Waals surface area contributed by atoms with Gasteiger partial charge in [-0.1, -0.05) is 6.92 Å². The van der Waals surface area contributed by atoms with E-state index >= 15 is 0 Å². The molecular weight excluding hydrogens is 386 g/mol. The number of aromatic amines is 1. The number of aromatic nitrogens is 4. The van der Waals surface area contributed by atoms with E-state index in [1.54, 1.807) is 27.2 Å². The Balaban J connectivity index is 1.51. The van der Waals surface area contributed by atoms with E-state index in [0.29, 0.717) is 11.3 Å². The summed E-state index contributed by atoms with van der Waals surface area (Å²) in [5.74, 6) is 0.779. The number of thiazole rings is 1. The second-order valence-electron chi connectivity index (χ2n) is 5.90. The predicted octanol–water partition coefficient (Wildman–Crippen LogP) is 3.75. The topological polar surface area (TPSA) is 75.6 Å². The van der Waals surface area contributed by atoms with Crippen molar-refractivity contribution in [1.29, 1.82) is 0 Å². The highest BCUT2D eigenvalue weighted by Crippen LogP contribution is 2.29. The van der Waals surface area contributed by atoms with Gasteiger partial charge in [-0.2, -0.15) is 5.10 Å². The lowest BCUT2D eigenvalue weighted by molar-refractivity contribution is -0.121. The van der Waals surface area contributed by atoms with E-state index in [2.05, 4.69) is 44.9 Å². The number of amides is 1. The van der Waals surface area contributed by atoms with Crippen molar-refractivity contribution < 1.29 is 4.79 Å². The van der Waals surface area contributed by atoms with Gasteiger partial charge < -0.3 is 5.32 Å². The molecule has 0 saturated carbocycles. The van der Waals surface area contributed by atoms with E-state index in [1.165, 1.54) is 9.75 Å². The third-order valence-corrected chi connectivity index (χ3v) is 6.09. The number of rotatable bonds is 8. The molecule has 0 bridgehead atoms. The molecule has 138 valence electrons. The van der Waals surface area contributed by atoms with Gasteiger partial charge in [-0.25, -0.2) is 4.98 Å². The average Bonchev–Trinajstić information content (AvgIpc) is 3.32. The van der Waals surface area contributed by atoms with Crippen LogP contribution in [0.1, 0.15) is 29.1 Å². The largest absolute Gasteiger partial charge is 0.354 e. The maximum atomic E-state index is 12.2. The summed E-state index contributed by atoms with van der Waals surface area (Å²) in [6, 6.07) is 4.20. The molecule has 0 fully saturated rings. The van der Waals surface area contributed by atoms with Crippen LogP contribution in [0.5, 0.6) is 0 Å². The summed E-state index contributed by atoms with van der Waals surface area (Å²) in [6.07, 6.45) is 2.56. The van der Waals surface area contributed by atoms with Crippen molar-refractivity contribution in [3.05, 3.63) is 38.0 Å². The van der Waals surface area contributed by atoms with Crippen molar-refractivity contribution in [3.8, 4) is 10.6 Å². The summed E-state index contributed by atoms with van der Waals surface area (Å²) in [4.78, 5) is 19.1.